The molecule has 0 amide bonds. The van der Waals surface area contributed by atoms with Gasteiger partial charge in [0.2, 0.25) is 5.95 Å². The zero-order chi connectivity index (χ0) is 17.2. The van der Waals surface area contributed by atoms with E-state index < -0.39 is 0 Å². The molecule has 0 aliphatic rings. The molecule has 0 spiro atoms. The van der Waals surface area contributed by atoms with Crippen molar-refractivity contribution in [3.05, 3.63) is 65.4 Å². The smallest absolute Gasteiger partial charge is 0.221 e. The summed E-state index contributed by atoms with van der Waals surface area (Å²) < 4.78 is 2.60. The van der Waals surface area contributed by atoms with Crippen molar-refractivity contribution in [3.63, 3.8) is 0 Å². The molecule has 0 bridgehead atoms. The van der Waals surface area contributed by atoms with E-state index >= 15 is 0 Å². The van der Waals surface area contributed by atoms with Crippen LogP contribution in [0.15, 0.2) is 65.4 Å². The molecule has 25 heavy (non-hydrogen) atoms. The molecule has 2 heterocycles. The number of tetrazole rings is 1. The summed E-state index contributed by atoms with van der Waals surface area (Å²) in [6.07, 6.45) is 1.54. The van der Waals surface area contributed by atoms with E-state index in [1.165, 1.54) is 0 Å². The first kappa shape index (κ1) is 15.4. The van der Waals surface area contributed by atoms with E-state index in [0.29, 0.717) is 0 Å². The van der Waals surface area contributed by atoms with Gasteiger partial charge in [0.1, 0.15) is 6.33 Å². The van der Waals surface area contributed by atoms with Crippen LogP contribution in [0.2, 0.25) is 0 Å². The van der Waals surface area contributed by atoms with E-state index in [-0.39, 0.29) is 5.95 Å². The minimum Gasteiger partial charge on any atom is -0.368 e. The minimum absolute atomic E-state index is 0.236. The molecule has 4 aromatic rings. The molecular formula is C17H12BrN7. The van der Waals surface area contributed by atoms with Crippen molar-refractivity contribution in [2.24, 2.45) is 0 Å². The van der Waals surface area contributed by atoms with Crippen molar-refractivity contribution in [1.29, 1.82) is 0 Å². The van der Waals surface area contributed by atoms with Crippen LogP contribution < -0.4 is 5.73 Å². The quantitative estimate of drug-likeness (QED) is 0.574. The molecule has 0 fully saturated rings. The average molecular weight is 394 g/mol. The molecule has 0 unspecified atom stereocenters. The Bertz CT molecular complexity index is 996. The van der Waals surface area contributed by atoms with Gasteiger partial charge >= 0.3 is 0 Å². The maximum atomic E-state index is 5.91. The highest BCUT2D eigenvalue weighted by atomic mass is 79.9. The highest BCUT2D eigenvalue weighted by Gasteiger charge is 2.08. The lowest BCUT2D eigenvalue weighted by Gasteiger charge is -2.07. The second-order valence-electron chi connectivity index (χ2n) is 5.30. The molecule has 0 saturated heterocycles. The van der Waals surface area contributed by atoms with Crippen molar-refractivity contribution >= 4 is 21.9 Å². The van der Waals surface area contributed by atoms with Gasteiger partial charge in [0.15, 0.2) is 0 Å². The monoisotopic (exact) mass is 393 g/mol. The molecule has 4 rings (SSSR count). The molecule has 0 saturated carbocycles. The maximum Gasteiger partial charge on any atom is 0.221 e. The second kappa shape index (κ2) is 6.40. The first-order chi connectivity index (χ1) is 12.2. The summed E-state index contributed by atoms with van der Waals surface area (Å²) in [6, 6.07) is 17.6. The molecule has 0 atom stereocenters. The van der Waals surface area contributed by atoms with Crippen LogP contribution in [0.25, 0.3) is 28.2 Å². The third-order valence-corrected chi connectivity index (χ3v) is 4.19. The maximum absolute atomic E-state index is 5.91. The number of halogens is 1. The minimum atomic E-state index is 0.236. The van der Waals surface area contributed by atoms with Crippen LogP contribution in [0, 0.1) is 0 Å². The number of benzene rings is 2. The van der Waals surface area contributed by atoms with Crippen molar-refractivity contribution in [3.8, 4) is 28.2 Å². The lowest BCUT2D eigenvalue weighted by Crippen LogP contribution is -1.99. The SMILES string of the molecule is Nc1nc(-c2ccc(Br)cc2)cc(-c2ccc(-n3cnnn3)cc2)n1. The Balaban J connectivity index is 1.71. The van der Waals surface area contributed by atoms with Gasteiger partial charge in [-0.05, 0) is 40.8 Å². The predicted octanol–water partition coefficient (Wildman–Crippen LogP) is 3.13. The molecule has 2 aromatic carbocycles. The lowest BCUT2D eigenvalue weighted by atomic mass is 10.1. The van der Waals surface area contributed by atoms with Gasteiger partial charge < -0.3 is 5.73 Å². The van der Waals surface area contributed by atoms with Crippen LogP contribution in [-0.2, 0) is 0 Å². The van der Waals surface area contributed by atoms with Crippen LogP contribution in [0.5, 0.6) is 0 Å². The van der Waals surface area contributed by atoms with Crippen molar-refractivity contribution in [1.82, 2.24) is 30.2 Å². The van der Waals surface area contributed by atoms with Crippen molar-refractivity contribution < 1.29 is 0 Å². The number of hydrogen-bond acceptors (Lipinski definition) is 6. The fraction of sp³-hybridized carbons (Fsp3) is 0. The zero-order valence-electron chi connectivity index (χ0n) is 12.9. The summed E-state index contributed by atoms with van der Waals surface area (Å²) in [6.45, 7) is 0. The number of nitrogens with zero attached hydrogens (tertiary/aromatic N) is 6. The summed E-state index contributed by atoms with van der Waals surface area (Å²) in [5.41, 5.74) is 10.2. The second-order valence-corrected chi connectivity index (χ2v) is 6.22. The molecule has 122 valence electrons. The topological polar surface area (TPSA) is 95.4 Å². The van der Waals surface area contributed by atoms with Crippen LogP contribution >= 0.6 is 15.9 Å². The third kappa shape index (κ3) is 3.24. The summed E-state index contributed by atoms with van der Waals surface area (Å²) in [4.78, 5) is 8.69. The van der Waals surface area contributed by atoms with Gasteiger partial charge in [-0.15, -0.1) is 5.10 Å². The highest BCUT2D eigenvalue weighted by Crippen LogP contribution is 2.26. The van der Waals surface area contributed by atoms with E-state index in [1.807, 2.05) is 54.6 Å². The normalized spacial score (nSPS) is 10.8. The van der Waals surface area contributed by atoms with Gasteiger partial charge in [-0.25, -0.2) is 14.6 Å². The van der Waals surface area contributed by atoms with Gasteiger partial charge in [-0.2, -0.15) is 0 Å². The molecular weight excluding hydrogens is 382 g/mol. The van der Waals surface area contributed by atoms with E-state index in [2.05, 4.69) is 41.4 Å². The molecule has 8 heteroatoms. The predicted molar refractivity (Wildman–Crippen MR) is 97.7 cm³/mol. The molecule has 0 aliphatic carbocycles. The molecule has 0 aliphatic heterocycles. The Labute approximate surface area is 151 Å². The zero-order valence-corrected chi connectivity index (χ0v) is 14.5. The Morgan fingerprint density at radius 3 is 2.00 bits per heavy atom. The Morgan fingerprint density at radius 2 is 1.44 bits per heavy atom. The van der Waals surface area contributed by atoms with Gasteiger partial charge in [0.05, 0.1) is 17.1 Å². The summed E-state index contributed by atoms with van der Waals surface area (Å²) in [5, 5.41) is 11.1. The molecule has 2 aromatic heterocycles. The third-order valence-electron chi connectivity index (χ3n) is 3.66. The largest absolute Gasteiger partial charge is 0.368 e. The van der Waals surface area contributed by atoms with Gasteiger partial charge in [0, 0.05) is 15.6 Å². The Morgan fingerprint density at radius 1 is 0.840 bits per heavy atom. The summed E-state index contributed by atoms with van der Waals surface area (Å²) >= 11 is 3.43. The lowest BCUT2D eigenvalue weighted by molar-refractivity contribution is 0.789. The van der Waals surface area contributed by atoms with Crippen LogP contribution in [-0.4, -0.2) is 30.2 Å². The number of nitrogen functional groups attached to an aromatic ring is 1. The van der Waals surface area contributed by atoms with E-state index in [1.54, 1.807) is 11.0 Å². The highest BCUT2D eigenvalue weighted by molar-refractivity contribution is 9.10. The number of rotatable bonds is 3. The van der Waals surface area contributed by atoms with Crippen LogP contribution in [0.4, 0.5) is 5.95 Å². The fourth-order valence-corrected chi connectivity index (χ4v) is 2.71. The molecule has 2 N–H and O–H groups in total. The Hall–Kier alpha value is -3.13. The fourth-order valence-electron chi connectivity index (χ4n) is 2.45. The first-order valence-corrected chi connectivity index (χ1v) is 8.23. The van der Waals surface area contributed by atoms with E-state index in [9.17, 15) is 0 Å². The first-order valence-electron chi connectivity index (χ1n) is 7.43. The molecule has 7 nitrogen and oxygen atoms in total. The van der Waals surface area contributed by atoms with Gasteiger partial charge in [-0.3, -0.25) is 0 Å². The van der Waals surface area contributed by atoms with Gasteiger partial charge in [-0.1, -0.05) is 40.2 Å². The number of nitrogens with two attached hydrogens (primary N) is 1. The van der Waals surface area contributed by atoms with E-state index in [0.717, 1.165) is 32.7 Å². The number of hydrogen-bond donors (Lipinski definition) is 1. The van der Waals surface area contributed by atoms with Crippen molar-refractivity contribution in [2.75, 3.05) is 5.73 Å². The summed E-state index contributed by atoms with van der Waals surface area (Å²) in [5.74, 6) is 0.236. The van der Waals surface area contributed by atoms with Crippen LogP contribution in [0.3, 0.4) is 0 Å². The average Bonchev–Trinajstić information content (AvgIpc) is 3.17. The van der Waals surface area contributed by atoms with Crippen molar-refractivity contribution in [2.45, 2.75) is 0 Å². The standard InChI is InChI=1S/C17H12BrN7/c18-13-5-1-11(2-6-13)15-9-16(22-17(19)21-15)12-3-7-14(8-4-12)25-10-20-23-24-25/h1-10H,(H2,19,21,22). The Kier molecular flexibility index (Phi) is 3.95. The number of anilines is 1. The van der Waals surface area contributed by atoms with Gasteiger partial charge in [0.25, 0.3) is 0 Å². The molecule has 0 radical (unpaired) electrons. The summed E-state index contributed by atoms with van der Waals surface area (Å²) in [7, 11) is 0. The van der Waals surface area contributed by atoms with E-state index in [4.69, 9.17) is 5.73 Å². The van der Waals surface area contributed by atoms with Crippen LogP contribution in [0.1, 0.15) is 0 Å². The number of aromatic nitrogens is 6.